The number of rotatable bonds is 9. The summed E-state index contributed by atoms with van der Waals surface area (Å²) in [5, 5.41) is 2.91. The van der Waals surface area contributed by atoms with Crippen LogP contribution in [0.3, 0.4) is 0 Å². The third kappa shape index (κ3) is 4.85. The minimum Gasteiger partial charge on any atom is -0.356 e. The Labute approximate surface area is 165 Å². The maximum absolute atomic E-state index is 12.2. The highest BCUT2D eigenvalue weighted by Gasteiger charge is 2.10. The van der Waals surface area contributed by atoms with E-state index in [0.717, 1.165) is 36.2 Å². The third-order valence-electron chi connectivity index (χ3n) is 4.99. The summed E-state index contributed by atoms with van der Waals surface area (Å²) in [7, 11) is 0. The van der Waals surface area contributed by atoms with E-state index >= 15 is 0 Å². The van der Waals surface area contributed by atoms with Gasteiger partial charge in [0.05, 0.1) is 11.0 Å². The van der Waals surface area contributed by atoms with E-state index in [1.54, 1.807) is 0 Å². The van der Waals surface area contributed by atoms with Gasteiger partial charge in [0.25, 0.3) is 0 Å². The van der Waals surface area contributed by atoms with Gasteiger partial charge in [-0.15, -0.1) is 0 Å². The molecular weight excluding hydrogens is 350 g/mol. The van der Waals surface area contributed by atoms with Gasteiger partial charge in [-0.25, -0.2) is 4.98 Å². The standard InChI is InChI=1S/C23H27N3O2/c1-3-18-9-11-19(12-10-18)22(27)13-14-23(28)24-15-6-16-26-17(2)25-20-7-4-5-8-21(20)26/h4-5,7-12H,3,6,13-16H2,1-2H3,(H,24,28). The fourth-order valence-electron chi connectivity index (χ4n) is 3.33. The molecule has 1 amide bonds. The van der Waals surface area contributed by atoms with Crippen molar-refractivity contribution in [3.63, 3.8) is 0 Å². The van der Waals surface area contributed by atoms with Gasteiger partial charge in [0.2, 0.25) is 5.91 Å². The first-order chi connectivity index (χ1) is 13.6. The number of nitrogens with one attached hydrogen (secondary N) is 1. The monoisotopic (exact) mass is 377 g/mol. The number of hydrogen-bond donors (Lipinski definition) is 1. The summed E-state index contributed by atoms with van der Waals surface area (Å²) in [6.07, 6.45) is 2.23. The molecule has 0 aliphatic rings. The SMILES string of the molecule is CCc1ccc(C(=O)CCC(=O)NCCCn2c(C)nc3ccccc32)cc1. The van der Waals surface area contributed by atoms with Gasteiger partial charge in [-0.3, -0.25) is 9.59 Å². The molecule has 1 aromatic heterocycles. The normalized spacial score (nSPS) is 10.9. The average molecular weight is 377 g/mol. The summed E-state index contributed by atoms with van der Waals surface area (Å²) in [6.45, 7) is 5.47. The maximum Gasteiger partial charge on any atom is 0.220 e. The zero-order chi connectivity index (χ0) is 19.9. The number of aromatic nitrogens is 2. The number of amides is 1. The number of para-hydroxylation sites is 2. The van der Waals surface area contributed by atoms with E-state index < -0.39 is 0 Å². The fraction of sp³-hybridized carbons (Fsp3) is 0.348. The highest BCUT2D eigenvalue weighted by Crippen LogP contribution is 2.15. The molecule has 0 bridgehead atoms. The lowest BCUT2D eigenvalue weighted by molar-refractivity contribution is -0.121. The van der Waals surface area contributed by atoms with Gasteiger partial charge in [-0.2, -0.15) is 0 Å². The average Bonchev–Trinajstić information content (AvgIpc) is 3.04. The molecule has 0 fully saturated rings. The number of carbonyl (C=O) groups excluding carboxylic acids is 2. The summed E-state index contributed by atoms with van der Waals surface area (Å²) in [4.78, 5) is 28.8. The van der Waals surface area contributed by atoms with Gasteiger partial charge >= 0.3 is 0 Å². The highest BCUT2D eigenvalue weighted by atomic mass is 16.2. The van der Waals surface area contributed by atoms with E-state index in [0.29, 0.717) is 12.1 Å². The van der Waals surface area contributed by atoms with Crippen molar-refractivity contribution in [1.29, 1.82) is 0 Å². The Hall–Kier alpha value is -2.95. The second-order valence-electron chi connectivity index (χ2n) is 6.98. The Morgan fingerprint density at radius 1 is 1.04 bits per heavy atom. The Balaban J connectivity index is 1.40. The molecule has 3 rings (SSSR count). The molecule has 3 aromatic rings. The first-order valence-corrected chi connectivity index (χ1v) is 9.89. The minimum atomic E-state index is -0.0780. The molecule has 0 unspecified atom stereocenters. The summed E-state index contributed by atoms with van der Waals surface area (Å²) in [5.74, 6) is 0.913. The zero-order valence-corrected chi connectivity index (χ0v) is 16.6. The molecule has 0 saturated carbocycles. The predicted octanol–water partition coefficient (Wildman–Crippen LogP) is 4.08. The van der Waals surface area contributed by atoms with E-state index in [9.17, 15) is 9.59 Å². The van der Waals surface area contributed by atoms with Crippen LogP contribution in [0.2, 0.25) is 0 Å². The number of nitrogens with zero attached hydrogens (tertiary/aromatic N) is 2. The molecule has 0 atom stereocenters. The maximum atomic E-state index is 12.2. The predicted molar refractivity (Wildman–Crippen MR) is 111 cm³/mol. The van der Waals surface area contributed by atoms with Crippen molar-refractivity contribution in [2.24, 2.45) is 0 Å². The van der Waals surface area contributed by atoms with Crippen LogP contribution in [0.25, 0.3) is 11.0 Å². The summed E-state index contributed by atoms with van der Waals surface area (Å²) in [5.41, 5.74) is 3.99. The van der Waals surface area contributed by atoms with Crippen molar-refractivity contribution in [2.75, 3.05) is 6.54 Å². The van der Waals surface area contributed by atoms with Crippen molar-refractivity contribution in [3.8, 4) is 0 Å². The molecule has 0 saturated heterocycles. The lowest BCUT2D eigenvalue weighted by atomic mass is 10.0. The minimum absolute atomic E-state index is 0.0123. The van der Waals surface area contributed by atoms with Gasteiger partial charge in [0, 0.05) is 31.5 Å². The highest BCUT2D eigenvalue weighted by molar-refractivity contribution is 5.97. The van der Waals surface area contributed by atoms with Crippen LogP contribution < -0.4 is 5.32 Å². The van der Waals surface area contributed by atoms with Crippen LogP contribution >= 0.6 is 0 Å². The molecule has 0 spiro atoms. The van der Waals surface area contributed by atoms with Crippen molar-refractivity contribution in [3.05, 3.63) is 65.5 Å². The number of imidazole rings is 1. The van der Waals surface area contributed by atoms with Crippen LogP contribution in [0.4, 0.5) is 0 Å². The summed E-state index contributed by atoms with van der Waals surface area (Å²) < 4.78 is 2.17. The molecule has 0 radical (unpaired) electrons. The first kappa shape index (κ1) is 19.8. The van der Waals surface area contributed by atoms with Crippen LogP contribution in [-0.2, 0) is 17.8 Å². The number of hydrogen-bond acceptors (Lipinski definition) is 3. The largest absolute Gasteiger partial charge is 0.356 e. The Bertz CT molecular complexity index is 958. The quantitative estimate of drug-likeness (QED) is 0.451. The molecule has 146 valence electrons. The smallest absolute Gasteiger partial charge is 0.220 e. The Morgan fingerprint density at radius 2 is 1.79 bits per heavy atom. The molecule has 0 aliphatic carbocycles. The van der Waals surface area contributed by atoms with E-state index in [1.165, 1.54) is 5.56 Å². The number of Topliss-reactive ketones (excluding diaryl/α,β-unsaturated/α-hetero) is 1. The summed E-state index contributed by atoms with van der Waals surface area (Å²) in [6, 6.07) is 15.7. The molecule has 5 nitrogen and oxygen atoms in total. The summed E-state index contributed by atoms with van der Waals surface area (Å²) >= 11 is 0. The number of benzene rings is 2. The Kier molecular flexibility index (Phi) is 6.58. The van der Waals surface area contributed by atoms with E-state index in [2.05, 4.69) is 27.9 Å². The second-order valence-corrected chi connectivity index (χ2v) is 6.98. The first-order valence-electron chi connectivity index (χ1n) is 9.89. The molecule has 2 aromatic carbocycles. The number of fused-ring (bicyclic) bond motifs is 1. The molecule has 0 aliphatic heterocycles. The van der Waals surface area contributed by atoms with Gasteiger partial charge in [-0.05, 0) is 37.5 Å². The molecule has 1 N–H and O–H groups in total. The number of ketones is 1. The van der Waals surface area contributed by atoms with E-state index in [4.69, 9.17) is 0 Å². The lowest BCUT2D eigenvalue weighted by Crippen LogP contribution is -2.25. The van der Waals surface area contributed by atoms with Gasteiger partial charge in [-0.1, -0.05) is 43.3 Å². The van der Waals surface area contributed by atoms with Gasteiger partial charge < -0.3 is 9.88 Å². The van der Waals surface area contributed by atoms with Crippen LogP contribution in [0.1, 0.15) is 47.9 Å². The molecule has 5 heteroatoms. The van der Waals surface area contributed by atoms with Crippen LogP contribution in [0.5, 0.6) is 0 Å². The third-order valence-corrected chi connectivity index (χ3v) is 4.99. The van der Waals surface area contributed by atoms with Crippen molar-refractivity contribution in [2.45, 2.75) is 46.1 Å². The van der Waals surface area contributed by atoms with Crippen LogP contribution in [-0.4, -0.2) is 27.8 Å². The van der Waals surface area contributed by atoms with Crippen LogP contribution in [0, 0.1) is 6.92 Å². The second kappa shape index (κ2) is 9.31. The molecule has 28 heavy (non-hydrogen) atoms. The van der Waals surface area contributed by atoms with Crippen molar-refractivity contribution in [1.82, 2.24) is 14.9 Å². The van der Waals surface area contributed by atoms with Crippen molar-refractivity contribution >= 4 is 22.7 Å². The fourth-order valence-corrected chi connectivity index (χ4v) is 3.33. The van der Waals surface area contributed by atoms with Gasteiger partial charge in [0.15, 0.2) is 5.78 Å². The molecular formula is C23H27N3O2. The van der Waals surface area contributed by atoms with E-state index in [-0.39, 0.29) is 24.5 Å². The molecule has 1 heterocycles. The van der Waals surface area contributed by atoms with Crippen LogP contribution in [0.15, 0.2) is 48.5 Å². The Morgan fingerprint density at radius 3 is 2.54 bits per heavy atom. The van der Waals surface area contributed by atoms with E-state index in [1.807, 2.05) is 49.4 Å². The van der Waals surface area contributed by atoms with Crippen molar-refractivity contribution < 1.29 is 9.59 Å². The number of aryl methyl sites for hydroxylation is 3. The zero-order valence-electron chi connectivity index (χ0n) is 16.6. The number of carbonyl (C=O) groups is 2. The topological polar surface area (TPSA) is 64.0 Å². The van der Waals surface area contributed by atoms with Gasteiger partial charge in [0.1, 0.15) is 5.82 Å². The lowest BCUT2D eigenvalue weighted by Gasteiger charge is -2.08.